The summed E-state index contributed by atoms with van der Waals surface area (Å²) < 4.78 is 32.4. The minimum absolute atomic E-state index is 0.0431. The Morgan fingerprint density at radius 3 is 2.53 bits per heavy atom. The van der Waals surface area contributed by atoms with Crippen molar-refractivity contribution < 1.29 is 18.3 Å². The van der Waals surface area contributed by atoms with Crippen molar-refractivity contribution in [1.82, 2.24) is 21.5 Å². The van der Waals surface area contributed by atoms with Crippen LogP contribution in [0.15, 0.2) is 47.5 Å². The minimum atomic E-state index is -0.677. The van der Waals surface area contributed by atoms with E-state index >= 15 is 0 Å². The SMILES string of the molecule is O=C(/N=C(/NC1CCOCC1)NC1CC(c2ccc(F)cc2)NN1)c1ccc(Cl)c(F)c1. The standard InChI is InChI=1S/C22H24ClF2N5O2/c23-17-6-3-14(11-18(17)25)21(31)28-22(26-16-7-9-32-10-8-16)27-20-12-19(29-30-20)13-1-4-15(24)5-2-13/h1-6,11,16,19-20,29-30H,7-10,12H2,(H2,26,27,28,31). The lowest BCUT2D eigenvalue weighted by Gasteiger charge is -2.26. The summed E-state index contributed by atoms with van der Waals surface area (Å²) in [6, 6.07) is 10.2. The predicted octanol–water partition coefficient (Wildman–Crippen LogP) is 3.04. The number of hydrazine groups is 1. The first-order chi connectivity index (χ1) is 15.5. The summed E-state index contributed by atoms with van der Waals surface area (Å²) in [5.41, 5.74) is 7.33. The van der Waals surface area contributed by atoms with E-state index in [1.165, 1.54) is 24.3 Å². The summed E-state index contributed by atoms with van der Waals surface area (Å²) in [7, 11) is 0. The number of aliphatic imine (C=N–C) groups is 1. The second-order valence-electron chi connectivity index (χ2n) is 7.75. The minimum Gasteiger partial charge on any atom is -0.381 e. The van der Waals surface area contributed by atoms with Crippen LogP contribution < -0.4 is 21.5 Å². The van der Waals surface area contributed by atoms with E-state index in [1.54, 1.807) is 12.1 Å². The summed E-state index contributed by atoms with van der Waals surface area (Å²) >= 11 is 5.71. The zero-order valence-corrected chi connectivity index (χ0v) is 18.0. The molecule has 0 radical (unpaired) electrons. The lowest BCUT2D eigenvalue weighted by molar-refractivity contribution is 0.0821. The summed E-state index contributed by atoms with van der Waals surface area (Å²) in [5.74, 6) is -1.27. The number of amides is 1. The Bertz CT molecular complexity index is 983. The van der Waals surface area contributed by atoms with Gasteiger partial charge in [0.05, 0.1) is 11.2 Å². The van der Waals surface area contributed by atoms with Crippen LogP contribution in [-0.4, -0.2) is 37.3 Å². The summed E-state index contributed by atoms with van der Waals surface area (Å²) in [5, 5.41) is 6.43. The fourth-order valence-corrected chi connectivity index (χ4v) is 3.78. The van der Waals surface area contributed by atoms with Crippen molar-refractivity contribution in [2.75, 3.05) is 13.2 Å². The van der Waals surface area contributed by atoms with Crippen molar-refractivity contribution in [3.8, 4) is 0 Å². The highest BCUT2D eigenvalue weighted by atomic mass is 35.5. The van der Waals surface area contributed by atoms with E-state index < -0.39 is 11.7 Å². The molecule has 1 amide bonds. The van der Waals surface area contributed by atoms with Gasteiger partial charge in [-0.3, -0.25) is 4.79 Å². The van der Waals surface area contributed by atoms with Crippen LogP contribution in [0.5, 0.6) is 0 Å². The van der Waals surface area contributed by atoms with Gasteiger partial charge in [-0.2, -0.15) is 4.99 Å². The third kappa shape index (κ3) is 5.80. The number of nitrogens with zero attached hydrogens (tertiary/aromatic N) is 1. The van der Waals surface area contributed by atoms with Crippen molar-refractivity contribution in [2.45, 2.75) is 37.5 Å². The predicted molar refractivity (Wildman–Crippen MR) is 117 cm³/mol. The molecule has 10 heteroatoms. The van der Waals surface area contributed by atoms with Crippen molar-refractivity contribution in [1.29, 1.82) is 0 Å². The molecule has 2 aromatic rings. The van der Waals surface area contributed by atoms with Crippen LogP contribution in [0.2, 0.25) is 5.02 Å². The highest BCUT2D eigenvalue weighted by Crippen LogP contribution is 2.21. The molecule has 2 aromatic carbocycles. The molecule has 7 nitrogen and oxygen atoms in total. The van der Waals surface area contributed by atoms with Crippen LogP contribution in [0.25, 0.3) is 0 Å². The number of carbonyl (C=O) groups excluding carboxylic acids is 1. The molecule has 2 fully saturated rings. The van der Waals surface area contributed by atoms with Gasteiger partial charge in [-0.1, -0.05) is 23.7 Å². The Morgan fingerprint density at radius 1 is 1.06 bits per heavy atom. The molecule has 2 aliphatic heterocycles. The average Bonchev–Trinajstić information content (AvgIpc) is 3.25. The molecule has 0 bridgehead atoms. The quantitative estimate of drug-likeness (QED) is 0.412. The van der Waals surface area contributed by atoms with E-state index in [2.05, 4.69) is 26.5 Å². The number of guanidine groups is 1. The van der Waals surface area contributed by atoms with Gasteiger partial charge in [0, 0.05) is 37.3 Å². The van der Waals surface area contributed by atoms with Gasteiger partial charge >= 0.3 is 0 Å². The van der Waals surface area contributed by atoms with E-state index in [1.807, 2.05) is 0 Å². The van der Waals surface area contributed by atoms with Gasteiger partial charge in [-0.05, 0) is 48.7 Å². The molecule has 2 saturated heterocycles. The number of hydrogen-bond donors (Lipinski definition) is 4. The number of ether oxygens (including phenoxy) is 1. The van der Waals surface area contributed by atoms with E-state index in [-0.39, 0.29) is 40.6 Å². The van der Waals surface area contributed by atoms with Crippen LogP contribution in [-0.2, 0) is 4.74 Å². The average molecular weight is 464 g/mol. The number of nitrogens with one attached hydrogen (secondary N) is 4. The van der Waals surface area contributed by atoms with Gasteiger partial charge in [0.2, 0.25) is 5.96 Å². The van der Waals surface area contributed by atoms with Crippen molar-refractivity contribution >= 4 is 23.5 Å². The van der Waals surface area contributed by atoms with Crippen molar-refractivity contribution in [3.63, 3.8) is 0 Å². The summed E-state index contributed by atoms with van der Waals surface area (Å²) in [4.78, 5) is 16.9. The maximum Gasteiger partial charge on any atom is 0.280 e. The van der Waals surface area contributed by atoms with Gasteiger partial charge in [0.15, 0.2) is 0 Å². The fourth-order valence-electron chi connectivity index (χ4n) is 3.67. The molecule has 32 heavy (non-hydrogen) atoms. The number of hydrogen-bond acceptors (Lipinski definition) is 4. The molecule has 4 N–H and O–H groups in total. The maximum atomic E-state index is 13.8. The fraction of sp³-hybridized carbons (Fsp3) is 0.364. The van der Waals surface area contributed by atoms with Crippen molar-refractivity contribution in [2.24, 2.45) is 4.99 Å². The number of carbonyl (C=O) groups is 1. The Hall–Kier alpha value is -2.59. The first-order valence-corrected chi connectivity index (χ1v) is 10.8. The number of benzene rings is 2. The van der Waals surface area contributed by atoms with E-state index in [0.29, 0.717) is 19.6 Å². The second kappa shape index (κ2) is 10.4. The van der Waals surface area contributed by atoms with Gasteiger partial charge in [0.1, 0.15) is 11.6 Å². The molecular weight excluding hydrogens is 440 g/mol. The molecule has 2 unspecified atom stereocenters. The smallest absolute Gasteiger partial charge is 0.280 e. The topological polar surface area (TPSA) is 86.8 Å². The third-order valence-electron chi connectivity index (χ3n) is 5.43. The Kier molecular flexibility index (Phi) is 7.31. The highest BCUT2D eigenvalue weighted by Gasteiger charge is 2.27. The molecule has 2 atom stereocenters. The lowest BCUT2D eigenvalue weighted by atomic mass is 10.0. The second-order valence-corrected chi connectivity index (χ2v) is 8.16. The van der Waals surface area contributed by atoms with E-state index in [9.17, 15) is 13.6 Å². The normalized spacial score (nSPS) is 22.0. The molecule has 0 saturated carbocycles. The zero-order valence-electron chi connectivity index (χ0n) is 17.2. The molecule has 0 aliphatic carbocycles. The summed E-state index contributed by atoms with van der Waals surface area (Å²) in [6.07, 6.45) is 1.94. The first kappa shape index (κ1) is 22.6. The number of halogens is 3. The van der Waals surface area contributed by atoms with E-state index in [4.69, 9.17) is 16.3 Å². The maximum absolute atomic E-state index is 13.8. The molecule has 2 aliphatic rings. The Labute approximate surface area is 189 Å². The Balaban J connectivity index is 1.47. The molecule has 2 heterocycles. The van der Waals surface area contributed by atoms with Gasteiger partial charge in [-0.25, -0.2) is 19.6 Å². The van der Waals surface area contributed by atoms with Crippen molar-refractivity contribution in [3.05, 3.63) is 70.2 Å². The molecule has 0 aromatic heterocycles. The number of rotatable bonds is 4. The molecule has 0 spiro atoms. The zero-order chi connectivity index (χ0) is 22.5. The monoisotopic (exact) mass is 463 g/mol. The van der Waals surface area contributed by atoms with Gasteiger partial charge in [-0.15, -0.1) is 0 Å². The first-order valence-electron chi connectivity index (χ1n) is 10.4. The molecule has 4 rings (SSSR count). The Morgan fingerprint density at radius 2 is 1.81 bits per heavy atom. The van der Waals surface area contributed by atoms with Gasteiger partial charge < -0.3 is 15.4 Å². The highest BCUT2D eigenvalue weighted by molar-refractivity contribution is 6.30. The third-order valence-corrected chi connectivity index (χ3v) is 5.74. The van der Waals surface area contributed by atoms with Crippen LogP contribution in [0.1, 0.15) is 41.2 Å². The van der Waals surface area contributed by atoms with Crippen LogP contribution >= 0.6 is 11.6 Å². The largest absolute Gasteiger partial charge is 0.381 e. The van der Waals surface area contributed by atoms with Crippen LogP contribution in [0.3, 0.4) is 0 Å². The van der Waals surface area contributed by atoms with Crippen LogP contribution in [0.4, 0.5) is 8.78 Å². The van der Waals surface area contributed by atoms with E-state index in [0.717, 1.165) is 24.5 Å². The summed E-state index contributed by atoms with van der Waals surface area (Å²) in [6.45, 7) is 1.24. The van der Waals surface area contributed by atoms with Crippen LogP contribution in [0, 0.1) is 11.6 Å². The lowest BCUT2D eigenvalue weighted by Crippen LogP contribution is -2.52. The molecular formula is C22H24ClF2N5O2. The molecule has 170 valence electrons. The van der Waals surface area contributed by atoms with Gasteiger partial charge in [0.25, 0.3) is 5.91 Å².